The van der Waals surface area contributed by atoms with Crippen LogP contribution in [0.2, 0.25) is 5.02 Å². The summed E-state index contributed by atoms with van der Waals surface area (Å²) in [6.45, 7) is 1.63. The summed E-state index contributed by atoms with van der Waals surface area (Å²) in [7, 11) is 0. The van der Waals surface area contributed by atoms with Gasteiger partial charge in [-0.05, 0) is 24.6 Å². The fraction of sp³-hybridized carbons (Fsp3) is 0.273. The molecule has 18 heavy (non-hydrogen) atoms. The van der Waals surface area contributed by atoms with Crippen molar-refractivity contribution in [1.82, 2.24) is 5.32 Å². The van der Waals surface area contributed by atoms with Crippen LogP contribution in [0.15, 0.2) is 18.2 Å². The van der Waals surface area contributed by atoms with Crippen molar-refractivity contribution in [2.75, 3.05) is 18.4 Å². The summed E-state index contributed by atoms with van der Waals surface area (Å²) in [4.78, 5) is 22.3. The second-order valence-corrected chi connectivity index (χ2v) is 3.92. The van der Waals surface area contributed by atoms with E-state index in [0.29, 0.717) is 10.7 Å². The monoisotopic (exact) mass is 291 g/mol. The van der Waals surface area contributed by atoms with Gasteiger partial charge in [-0.25, -0.2) is 0 Å². The van der Waals surface area contributed by atoms with E-state index >= 15 is 0 Å². The van der Waals surface area contributed by atoms with Crippen LogP contribution in [0.3, 0.4) is 0 Å². The highest BCUT2D eigenvalue weighted by atomic mass is 35.5. The molecule has 100 valence electrons. The number of nitrogens with one attached hydrogen (secondary N) is 2. The molecule has 0 bridgehead atoms. The Labute approximate surface area is 116 Å². The standard InChI is InChI=1S/C11H14ClN3O2.ClH/c1-7-2-3-8(12)9(4-7)15-11(17)6-14-10(16)5-13;/h2-4H,5-6,13H2,1H3,(H,14,16)(H,15,17);1H. The van der Waals surface area contributed by atoms with Gasteiger partial charge >= 0.3 is 0 Å². The third-order valence-electron chi connectivity index (χ3n) is 2.03. The quantitative estimate of drug-likeness (QED) is 0.776. The highest BCUT2D eigenvalue weighted by Crippen LogP contribution is 2.22. The summed E-state index contributed by atoms with van der Waals surface area (Å²) >= 11 is 5.91. The zero-order valence-corrected chi connectivity index (χ0v) is 11.4. The molecule has 1 aromatic carbocycles. The van der Waals surface area contributed by atoms with Crippen molar-refractivity contribution in [2.24, 2.45) is 5.73 Å². The fourth-order valence-corrected chi connectivity index (χ4v) is 1.35. The molecule has 7 heteroatoms. The van der Waals surface area contributed by atoms with E-state index in [4.69, 9.17) is 17.3 Å². The molecule has 0 aliphatic carbocycles. The number of amides is 2. The van der Waals surface area contributed by atoms with Gasteiger partial charge in [0.2, 0.25) is 11.8 Å². The molecule has 0 radical (unpaired) electrons. The molecule has 0 aliphatic rings. The van der Waals surface area contributed by atoms with Crippen molar-refractivity contribution in [1.29, 1.82) is 0 Å². The zero-order chi connectivity index (χ0) is 12.8. The van der Waals surface area contributed by atoms with E-state index in [0.717, 1.165) is 5.56 Å². The van der Waals surface area contributed by atoms with Gasteiger partial charge in [0, 0.05) is 0 Å². The summed E-state index contributed by atoms with van der Waals surface area (Å²) in [6.07, 6.45) is 0. The Morgan fingerprint density at radius 2 is 2.00 bits per heavy atom. The SMILES string of the molecule is Cc1ccc(Cl)c(NC(=O)CNC(=O)CN)c1.Cl. The molecule has 0 fully saturated rings. The van der Waals surface area contributed by atoms with E-state index in [2.05, 4.69) is 10.6 Å². The molecule has 0 unspecified atom stereocenters. The summed E-state index contributed by atoms with van der Waals surface area (Å²) in [5.41, 5.74) is 6.60. The first-order valence-corrected chi connectivity index (χ1v) is 5.43. The highest BCUT2D eigenvalue weighted by molar-refractivity contribution is 6.33. The number of carbonyl (C=O) groups excluding carboxylic acids is 2. The molecule has 5 nitrogen and oxygen atoms in total. The van der Waals surface area contributed by atoms with Gasteiger partial charge in [-0.2, -0.15) is 0 Å². The number of anilines is 1. The van der Waals surface area contributed by atoms with Crippen LogP contribution in [0, 0.1) is 6.92 Å². The molecule has 0 aliphatic heterocycles. The van der Waals surface area contributed by atoms with Gasteiger partial charge in [0.15, 0.2) is 0 Å². The minimum atomic E-state index is -0.379. The third kappa shape index (κ3) is 5.35. The van der Waals surface area contributed by atoms with Crippen molar-refractivity contribution in [3.8, 4) is 0 Å². The minimum Gasteiger partial charge on any atom is -0.346 e. The van der Waals surface area contributed by atoms with Crippen LogP contribution in [0.1, 0.15) is 5.56 Å². The molecule has 0 aromatic heterocycles. The average Bonchev–Trinajstić information content (AvgIpc) is 2.30. The van der Waals surface area contributed by atoms with Gasteiger partial charge < -0.3 is 16.4 Å². The molecular formula is C11H15Cl2N3O2. The number of aryl methyl sites for hydroxylation is 1. The smallest absolute Gasteiger partial charge is 0.243 e. The van der Waals surface area contributed by atoms with Crippen LogP contribution in [-0.2, 0) is 9.59 Å². The first-order chi connectivity index (χ1) is 8.02. The van der Waals surface area contributed by atoms with Gasteiger partial charge in [0.1, 0.15) is 0 Å². The number of rotatable bonds is 4. The lowest BCUT2D eigenvalue weighted by Gasteiger charge is -2.08. The molecule has 0 heterocycles. The van der Waals surface area contributed by atoms with Gasteiger partial charge in [-0.15, -0.1) is 12.4 Å². The van der Waals surface area contributed by atoms with Gasteiger partial charge in [0.25, 0.3) is 0 Å². The summed E-state index contributed by atoms with van der Waals surface area (Å²) in [5, 5.41) is 5.42. The summed E-state index contributed by atoms with van der Waals surface area (Å²) < 4.78 is 0. The van der Waals surface area contributed by atoms with Gasteiger partial charge in [-0.1, -0.05) is 17.7 Å². The molecule has 0 saturated carbocycles. The van der Waals surface area contributed by atoms with Crippen LogP contribution >= 0.6 is 24.0 Å². The topological polar surface area (TPSA) is 84.2 Å². The van der Waals surface area contributed by atoms with E-state index in [1.54, 1.807) is 12.1 Å². The minimum absolute atomic E-state index is 0. The maximum Gasteiger partial charge on any atom is 0.243 e. The lowest BCUT2D eigenvalue weighted by atomic mass is 10.2. The molecule has 0 spiro atoms. The van der Waals surface area contributed by atoms with Crippen LogP contribution in [0.25, 0.3) is 0 Å². The van der Waals surface area contributed by atoms with Crippen LogP contribution < -0.4 is 16.4 Å². The summed E-state index contributed by atoms with van der Waals surface area (Å²) in [6, 6.07) is 5.30. The molecule has 0 atom stereocenters. The van der Waals surface area contributed by atoms with Crippen molar-refractivity contribution >= 4 is 41.5 Å². The molecule has 4 N–H and O–H groups in total. The number of hydrogen-bond acceptors (Lipinski definition) is 3. The highest BCUT2D eigenvalue weighted by Gasteiger charge is 2.07. The Hall–Kier alpha value is -1.30. The molecule has 0 saturated heterocycles. The number of halogens is 2. The molecule has 2 amide bonds. The number of nitrogens with two attached hydrogens (primary N) is 1. The van der Waals surface area contributed by atoms with E-state index < -0.39 is 0 Å². The lowest BCUT2D eigenvalue weighted by molar-refractivity contribution is -0.123. The first-order valence-electron chi connectivity index (χ1n) is 5.05. The number of hydrogen-bond donors (Lipinski definition) is 3. The van der Waals surface area contributed by atoms with Crippen molar-refractivity contribution < 1.29 is 9.59 Å². The first kappa shape index (κ1) is 16.7. The lowest BCUT2D eigenvalue weighted by Crippen LogP contribution is -2.36. The van der Waals surface area contributed by atoms with Gasteiger partial charge in [-0.3, -0.25) is 9.59 Å². The van der Waals surface area contributed by atoms with Crippen molar-refractivity contribution in [2.45, 2.75) is 6.92 Å². The molecule has 1 rings (SSSR count). The maximum atomic E-state index is 11.5. The Morgan fingerprint density at radius 1 is 1.33 bits per heavy atom. The third-order valence-corrected chi connectivity index (χ3v) is 2.36. The normalized spacial score (nSPS) is 9.28. The number of benzene rings is 1. The van der Waals surface area contributed by atoms with E-state index in [-0.39, 0.29) is 37.3 Å². The van der Waals surface area contributed by atoms with E-state index in [1.807, 2.05) is 13.0 Å². The maximum absolute atomic E-state index is 11.5. The predicted molar refractivity (Wildman–Crippen MR) is 74.1 cm³/mol. The average molecular weight is 292 g/mol. The Balaban J connectivity index is 0.00000289. The largest absolute Gasteiger partial charge is 0.346 e. The fourth-order valence-electron chi connectivity index (χ4n) is 1.18. The van der Waals surface area contributed by atoms with Crippen molar-refractivity contribution in [3.05, 3.63) is 28.8 Å². The predicted octanol–water partition coefficient (Wildman–Crippen LogP) is 1.08. The summed E-state index contributed by atoms with van der Waals surface area (Å²) in [5.74, 6) is -0.727. The number of carbonyl (C=O) groups is 2. The van der Waals surface area contributed by atoms with Crippen LogP contribution in [0.5, 0.6) is 0 Å². The van der Waals surface area contributed by atoms with Crippen LogP contribution in [-0.4, -0.2) is 24.9 Å². The zero-order valence-electron chi connectivity index (χ0n) is 9.83. The van der Waals surface area contributed by atoms with E-state index in [9.17, 15) is 9.59 Å². The van der Waals surface area contributed by atoms with Crippen molar-refractivity contribution in [3.63, 3.8) is 0 Å². The second-order valence-electron chi connectivity index (χ2n) is 3.51. The van der Waals surface area contributed by atoms with Crippen LogP contribution in [0.4, 0.5) is 5.69 Å². The second kappa shape index (κ2) is 7.92. The van der Waals surface area contributed by atoms with E-state index in [1.165, 1.54) is 0 Å². The Bertz CT molecular complexity index is 438. The Kier molecular flexibility index (Phi) is 7.35. The molecular weight excluding hydrogens is 277 g/mol. The molecule has 1 aromatic rings. The Morgan fingerprint density at radius 3 is 2.61 bits per heavy atom. The van der Waals surface area contributed by atoms with Gasteiger partial charge in [0.05, 0.1) is 23.8 Å².